The van der Waals surface area contributed by atoms with E-state index in [1.165, 1.54) is 12.1 Å². The zero-order valence-electron chi connectivity index (χ0n) is 10.8. The van der Waals surface area contributed by atoms with Crippen molar-refractivity contribution in [3.63, 3.8) is 0 Å². The Hall–Kier alpha value is -2.73. The average molecular weight is 286 g/mol. The SMILES string of the molecule is O=C(CO)c1ccc2nc(-c3cccc(F)c3O)[nH]c2c1. The lowest BCUT2D eigenvalue weighted by Crippen LogP contribution is -2.03. The molecule has 0 spiro atoms. The number of ketones is 1. The van der Waals surface area contributed by atoms with Crippen molar-refractivity contribution in [2.75, 3.05) is 6.61 Å². The van der Waals surface area contributed by atoms with Gasteiger partial charge in [0.15, 0.2) is 17.3 Å². The molecular weight excluding hydrogens is 275 g/mol. The molecule has 0 atom stereocenters. The Bertz CT molecular complexity index is 842. The molecule has 0 aliphatic rings. The van der Waals surface area contributed by atoms with E-state index >= 15 is 0 Å². The van der Waals surface area contributed by atoms with Gasteiger partial charge in [-0.25, -0.2) is 9.37 Å². The molecule has 6 heteroatoms. The molecule has 0 aliphatic carbocycles. The van der Waals surface area contributed by atoms with Gasteiger partial charge in [0.2, 0.25) is 0 Å². The fourth-order valence-electron chi connectivity index (χ4n) is 2.11. The summed E-state index contributed by atoms with van der Waals surface area (Å²) in [4.78, 5) is 18.6. The number of para-hydroxylation sites is 1. The monoisotopic (exact) mass is 286 g/mol. The van der Waals surface area contributed by atoms with E-state index in [-0.39, 0.29) is 5.56 Å². The van der Waals surface area contributed by atoms with Crippen LogP contribution >= 0.6 is 0 Å². The number of phenols is 1. The summed E-state index contributed by atoms with van der Waals surface area (Å²) in [7, 11) is 0. The van der Waals surface area contributed by atoms with E-state index in [4.69, 9.17) is 5.11 Å². The maximum absolute atomic E-state index is 13.4. The standard InChI is InChI=1S/C15H11FN2O3/c16-10-3-1-2-9(14(10)21)15-17-11-5-4-8(13(20)7-19)6-12(11)18-15/h1-6,19,21H,7H2,(H,17,18). The smallest absolute Gasteiger partial charge is 0.188 e. The summed E-state index contributed by atoms with van der Waals surface area (Å²) in [5.74, 6) is -1.32. The number of halogens is 1. The summed E-state index contributed by atoms with van der Waals surface area (Å²) >= 11 is 0. The van der Waals surface area contributed by atoms with Gasteiger partial charge in [-0.05, 0) is 30.3 Å². The van der Waals surface area contributed by atoms with Gasteiger partial charge in [0, 0.05) is 5.56 Å². The third-order valence-electron chi connectivity index (χ3n) is 3.19. The lowest BCUT2D eigenvalue weighted by molar-refractivity contribution is 0.0904. The molecule has 3 rings (SSSR count). The number of hydrogen-bond acceptors (Lipinski definition) is 4. The lowest BCUT2D eigenvalue weighted by Gasteiger charge is -2.01. The first kappa shape index (κ1) is 13.3. The van der Waals surface area contributed by atoms with Gasteiger partial charge in [-0.15, -0.1) is 0 Å². The Balaban J connectivity index is 2.13. The predicted molar refractivity (Wildman–Crippen MR) is 74.6 cm³/mol. The minimum atomic E-state index is -0.732. The van der Waals surface area contributed by atoms with E-state index in [1.54, 1.807) is 18.2 Å². The van der Waals surface area contributed by atoms with Crippen LogP contribution in [0.1, 0.15) is 10.4 Å². The number of phenolic OH excluding ortho intramolecular Hbond substituents is 1. The molecule has 0 saturated carbocycles. The minimum Gasteiger partial charge on any atom is -0.504 e. The molecule has 0 fully saturated rings. The van der Waals surface area contributed by atoms with Crippen molar-refractivity contribution in [3.05, 3.63) is 47.8 Å². The van der Waals surface area contributed by atoms with Gasteiger partial charge >= 0.3 is 0 Å². The van der Waals surface area contributed by atoms with Gasteiger partial charge in [0.05, 0.1) is 16.6 Å². The highest BCUT2D eigenvalue weighted by atomic mass is 19.1. The average Bonchev–Trinajstić information content (AvgIpc) is 2.91. The highest BCUT2D eigenvalue weighted by molar-refractivity contribution is 5.99. The van der Waals surface area contributed by atoms with Gasteiger partial charge in [0.25, 0.3) is 0 Å². The molecule has 21 heavy (non-hydrogen) atoms. The molecule has 0 unspecified atom stereocenters. The van der Waals surface area contributed by atoms with Crippen molar-refractivity contribution < 1.29 is 19.4 Å². The number of rotatable bonds is 3. The number of imidazole rings is 1. The summed E-state index contributed by atoms with van der Waals surface area (Å²) in [5.41, 5.74) is 1.72. The van der Waals surface area contributed by atoms with E-state index in [2.05, 4.69) is 9.97 Å². The Kier molecular flexibility index (Phi) is 3.15. The van der Waals surface area contributed by atoms with Crippen LogP contribution in [-0.4, -0.2) is 32.6 Å². The molecule has 1 heterocycles. The fraction of sp³-hybridized carbons (Fsp3) is 0.0667. The number of aliphatic hydroxyl groups is 1. The van der Waals surface area contributed by atoms with Crippen LogP contribution in [0, 0.1) is 5.82 Å². The Morgan fingerprint density at radius 3 is 2.86 bits per heavy atom. The van der Waals surface area contributed by atoms with Crippen molar-refractivity contribution in [1.82, 2.24) is 9.97 Å². The van der Waals surface area contributed by atoms with Crippen molar-refractivity contribution in [2.24, 2.45) is 0 Å². The zero-order valence-corrected chi connectivity index (χ0v) is 10.8. The minimum absolute atomic E-state index is 0.237. The lowest BCUT2D eigenvalue weighted by atomic mass is 10.1. The molecule has 0 radical (unpaired) electrons. The van der Waals surface area contributed by atoms with Gasteiger partial charge in [-0.1, -0.05) is 6.07 Å². The molecule has 0 amide bonds. The molecule has 0 aliphatic heterocycles. The normalized spacial score (nSPS) is 11.0. The molecule has 2 aromatic carbocycles. The van der Waals surface area contributed by atoms with Crippen LogP contribution in [0.4, 0.5) is 4.39 Å². The second-order valence-electron chi connectivity index (χ2n) is 4.53. The maximum atomic E-state index is 13.4. The highest BCUT2D eigenvalue weighted by Crippen LogP contribution is 2.30. The number of hydrogen-bond donors (Lipinski definition) is 3. The first-order valence-corrected chi connectivity index (χ1v) is 6.22. The number of aliphatic hydroxyl groups excluding tert-OH is 1. The number of nitrogens with zero attached hydrogens (tertiary/aromatic N) is 1. The van der Waals surface area contributed by atoms with Crippen molar-refractivity contribution >= 4 is 16.8 Å². The van der Waals surface area contributed by atoms with Crippen molar-refractivity contribution in [1.29, 1.82) is 0 Å². The van der Waals surface area contributed by atoms with Crippen LogP contribution in [0.15, 0.2) is 36.4 Å². The molecule has 3 N–H and O–H groups in total. The first-order valence-electron chi connectivity index (χ1n) is 6.22. The van der Waals surface area contributed by atoms with Gasteiger partial charge in [-0.2, -0.15) is 0 Å². The highest BCUT2D eigenvalue weighted by Gasteiger charge is 2.13. The summed E-state index contributed by atoms with van der Waals surface area (Å²) in [6.07, 6.45) is 0. The van der Waals surface area contributed by atoms with Gasteiger partial charge in [-0.3, -0.25) is 4.79 Å². The second-order valence-corrected chi connectivity index (χ2v) is 4.53. The van der Waals surface area contributed by atoms with Gasteiger partial charge in [0.1, 0.15) is 12.4 Å². The largest absolute Gasteiger partial charge is 0.504 e. The van der Waals surface area contributed by atoms with E-state index in [0.717, 1.165) is 6.07 Å². The number of aromatic nitrogens is 2. The third-order valence-corrected chi connectivity index (χ3v) is 3.19. The first-order chi connectivity index (χ1) is 10.1. The summed E-state index contributed by atoms with van der Waals surface area (Å²) in [5, 5.41) is 18.6. The summed E-state index contributed by atoms with van der Waals surface area (Å²) < 4.78 is 13.4. The van der Waals surface area contributed by atoms with E-state index in [9.17, 15) is 14.3 Å². The van der Waals surface area contributed by atoms with Crippen molar-refractivity contribution in [3.8, 4) is 17.1 Å². The van der Waals surface area contributed by atoms with Crippen LogP contribution in [0.5, 0.6) is 5.75 Å². The number of benzene rings is 2. The number of H-pyrrole nitrogens is 1. The predicted octanol–water partition coefficient (Wildman–Crippen LogP) is 2.25. The second kappa shape index (κ2) is 4.99. The zero-order chi connectivity index (χ0) is 15.0. The number of carbonyl (C=O) groups excluding carboxylic acids is 1. The Morgan fingerprint density at radius 2 is 2.10 bits per heavy atom. The van der Waals surface area contributed by atoms with Crippen LogP contribution < -0.4 is 0 Å². The van der Waals surface area contributed by atoms with Crippen LogP contribution in [0.2, 0.25) is 0 Å². The Morgan fingerprint density at radius 1 is 1.29 bits per heavy atom. The van der Waals surface area contributed by atoms with Crippen LogP contribution in [0.3, 0.4) is 0 Å². The van der Waals surface area contributed by atoms with E-state index < -0.39 is 24.0 Å². The number of fused-ring (bicyclic) bond motifs is 1. The maximum Gasteiger partial charge on any atom is 0.188 e. The van der Waals surface area contributed by atoms with E-state index in [1.807, 2.05) is 0 Å². The number of Topliss-reactive ketones (excluding diaryl/α,β-unsaturated/α-hetero) is 1. The number of nitrogens with one attached hydrogen (secondary N) is 1. The molecule has 3 aromatic rings. The number of aromatic hydroxyl groups is 1. The Labute approximate surface area is 118 Å². The van der Waals surface area contributed by atoms with Crippen LogP contribution in [-0.2, 0) is 0 Å². The van der Waals surface area contributed by atoms with Crippen LogP contribution in [0.25, 0.3) is 22.4 Å². The third kappa shape index (κ3) is 2.25. The van der Waals surface area contributed by atoms with Crippen molar-refractivity contribution in [2.45, 2.75) is 0 Å². The number of carbonyl (C=O) groups is 1. The van der Waals surface area contributed by atoms with Gasteiger partial charge < -0.3 is 15.2 Å². The summed E-state index contributed by atoms with van der Waals surface area (Å²) in [6, 6.07) is 8.89. The quantitative estimate of drug-likeness (QED) is 0.644. The molecule has 1 aromatic heterocycles. The molecule has 0 saturated heterocycles. The topological polar surface area (TPSA) is 86.2 Å². The van der Waals surface area contributed by atoms with E-state index in [0.29, 0.717) is 22.4 Å². The molecule has 106 valence electrons. The number of aromatic amines is 1. The molecular formula is C15H11FN2O3. The summed E-state index contributed by atoms with van der Waals surface area (Å²) in [6.45, 7) is -0.572. The molecule has 5 nitrogen and oxygen atoms in total. The fourth-order valence-corrected chi connectivity index (χ4v) is 2.11. The molecule has 0 bridgehead atoms.